The quantitative estimate of drug-likeness (QED) is 0.610. The molecule has 0 spiro atoms. The van der Waals surface area contributed by atoms with Crippen molar-refractivity contribution in [2.24, 2.45) is 5.92 Å². The maximum atomic E-state index is 12.4. The van der Waals surface area contributed by atoms with Crippen molar-refractivity contribution in [3.63, 3.8) is 0 Å². The number of hydrogen-bond donors (Lipinski definition) is 0. The van der Waals surface area contributed by atoms with Gasteiger partial charge in [-0.05, 0) is 39.5 Å². The lowest BCUT2D eigenvalue weighted by atomic mass is 10.1. The zero-order valence-electron chi connectivity index (χ0n) is 14.7. The Morgan fingerprint density at radius 2 is 2.08 bits per heavy atom. The van der Waals surface area contributed by atoms with E-state index in [0.29, 0.717) is 29.4 Å². The number of anilines is 1. The van der Waals surface area contributed by atoms with E-state index < -0.39 is 11.7 Å². The molecule has 2 aromatic heterocycles. The molecule has 8 heteroatoms. The second-order valence-electron chi connectivity index (χ2n) is 7.34. The van der Waals surface area contributed by atoms with Crippen LogP contribution in [0.15, 0.2) is 12.3 Å². The molecule has 0 radical (unpaired) electrons. The molecule has 7 nitrogen and oxygen atoms in total. The number of ether oxygens (including phenoxy) is 1. The van der Waals surface area contributed by atoms with Gasteiger partial charge < -0.3 is 4.74 Å². The van der Waals surface area contributed by atoms with Gasteiger partial charge in [0.15, 0.2) is 11.4 Å². The number of ketones is 1. The van der Waals surface area contributed by atoms with Gasteiger partial charge in [-0.2, -0.15) is 9.61 Å². The summed E-state index contributed by atoms with van der Waals surface area (Å²) in [4.78, 5) is 30.3. The van der Waals surface area contributed by atoms with Gasteiger partial charge in [0.1, 0.15) is 16.6 Å². The normalized spacial score (nSPS) is 14.6. The molecule has 1 fully saturated rings. The fraction of sp³-hybridized carbons (Fsp3) is 0.529. The number of carbonyl (C=O) groups excluding carboxylic acids is 2. The van der Waals surface area contributed by atoms with E-state index in [2.05, 4.69) is 10.1 Å². The highest BCUT2D eigenvalue weighted by atomic mass is 35.5. The first-order valence-electron chi connectivity index (χ1n) is 8.20. The highest BCUT2D eigenvalue weighted by molar-refractivity contribution is 6.30. The molecule has 0 unspecified atom stereocenters. The molecule has 0 aliphatic heterocycles. The van der Waals surface area contributed by atoms with Crippen molar-refractivity contribution < 1.29 is 14.3 Å². The Kier molecular flexibility index (Phi) is 4.45. The van der Waals surface area contributed by atoms with Gasteiger partial charge in [0.25, 0.3) is 0 Å². The van der Waals surface area contributed by atoms with E-state index in [-0.39, 0.29) is 10.9 Å². The Morgan fingerprint density at radius 1 is 1.40 bits per heavy atom. The monoisotopic (exact) mass is 364 g/mol. The van der Waals surface area contributed by atoms with Crippen molar-refractivity contribution in [1.82, 2.24) is 14.6 Å². The van der Waals surface area contributed by atoms with Crippen molar-refractivity contribution in [1.29, 1.82) is 0 Å². The largest absolute Gasteiger partial charge is 0.443 e. The van der Waals surface area contributed by atoms with E-state index in [1.807, 2.05) is 0 Å². The number of carbonyl (C=O) groups is 2. The summed E-state index contributed by atoms with van der Waals surface area (Å²) < 4.78 is 6.81. The number of amides is 1. The van der Waals surface area contributed by atoms with Gasteiger partial charge >= 0.3 is 6.09 Å². The molecule has 0 atom stereocenters. The van der Waals surface area contributed by atoms with E-state index in [1.165, 1.54) is 21.7 Å². The topological polar surface area (TPSA) is 76.8 Å². The van der Waals surface area contributed by atoms with Crippen LogP contribution in [0.3, 0.4) is 0 Å². The van der Waals surface area contributed by atoms with Crippen molar-refractivity contribution in [2.45, 2.75) is 45.6 Å². The van der Waals surface area contributed by atoms with E-state index in [0.717, 1.165) is 12.8 Å². The highest BCUT2D eigenvalue weighted by Gasteiger charge is 2.28. The Morgan fingerprint density at radius 3 is 2.68 bits per heavy atom. The maximum Gasteiger partial charge on any atom is 0.415 e. The Labute approximate surface area is 150 Å². The maximum absolute atomic E-state index is 12.4. The Hall–Kier alpha value is -2.15. The molecule has 1 amide bonds. The van der Waals surface area contributed by atoms with Gasteiger partial charge in [-0.1, -0.05) is 11.6 Å². The minimum atomic E-state index is -0.628. The van der Waals surface area contributed by atoms with Crippen LogP contribution in [0.25, 0.3) is 5.65 Å². The van der Waals surface area contributed by atoms with Crippen LogP contribution in [0.1, 0.15) is 50.4 Å². The Balaban J connectivity index is 1.97. The zero-order valence-corrected chi connectivity index (χ0v) is 15.5. The molecule has 1 aliphatic rings. The van der Waals surface area contributed by atoms with Gasteiger partial charge in [-0.15, -0.1) is 0 Å². The fourth-order valence-corrected chi connectivity index (χ4v) is 2.65. The number of rotatable bonds is 4. The summed E-state index contributed by atoms with van der Waals surface area (Å²) in [7, 11) is 1.56. The van der Waals surface area contributed by atoms with E-state index in [4.69, 9.17) is 16.3 Å². The smallest absolute Gasteiger partial charge is 0.415 e. The average molecular weight is 365 g/mol. The van der Waals surface area contributed by atoms with Crippen LogP contribution in [0, 0.1) is 5.92 Å². The van der Waals surface area contributed by atoms with Crippen molar-refractivity contribution in [2.75, 3.05) is 11.9 Å². The third-order valence-electron chi connectivity index (χ3n) is 3.90. The van der Waals surface area contributed by atoms with E-state index in [9.17, 15) is 9.59 Å². The summed E-state index contributed by atoms with van der Waals surface area (Å²) in [5, 5.41) is 4.41. The molecule has 25 heavy (non-hydrogen) atoms. The summed E-state index contributed by atoms with van der Waals surface area (Å²) in [5.41, 5.74) is 0.147. The molecular formula is C17H21ClN4O3. The molecular weight excluding hydrogens is 344 g/mol. The molecule has 0 N–H and O–H groups in total. The van der Waals surface area contributed by atoms with Crippen molar-refractivity contribution in [3.05, 3.63) is 23.0 Å². The summed E-state index contributed by atoms with van der Waals surface area (Å²) >= 11 is 6.12. The SMILES string of the molecule is CN(C(=O)OC(C)(C)C)c1cc(Cl)nc2c(C(=O)CC3CC3)cnn12. The van der Waals surface area contributed by atoms with E-state index >= 15 is 0 Å². The van der Waals surface area contributed by atoms with Crippen LogP contribution in [0.5, 0.6) is 0 Å². The molecule has 2 aromatic rings. The molecule has 1 aliphatic carbocycles. The van der Waals surface area contributed by atoms with Gasteiger partial charge in [-0.3, -0.25) is 9.69 Å². The second-order valence-corrected chi connectivity index (χ2v) is 7.73. The van der Waals surface area contributed by atoms with Crippen LogP contribution in [-0.2, 0) is 4.74 Å². The lowest BCUT2D eigenvalue weighted by Gasteiger charge is -2.24. The number of Topliss-reactive ketones (excluding diaryl/α,β-unsaturated/α-hetero) is 1. The van der Waals surface area contributed by atoms with Crippen molar-refractivity contribution >= 4 is 34.9 Å². The van der Waals surface area contributed by atoms with Crippen LogP contribution >= 0.6 is 11.6 Å². The summed E-state index contributed by atoms with van der Waals surface area (Å²) in [6.07, 6.45) is 3.61. The molecule has 2 heterocycles. The minimum Gasteiger partial charge on any atom is -0.443 e. The fourth-order valence-electron chi connectivity index (χ4n) is 2.47. The van der Waals surface area contributed by atoms with Crippen molar-refractivity contribution in [3.8, 4) is 0 Å². The van der Waals surface area contributed by atoms with Crippen LogP contribution < -0.4 is 4.90 Å². The Bertz CT molecular complexity index is 836. The summed E-state index contributed by atoms with van der Waals surface area (Å²) in [5.74, 6) is 0.846. The summed E-state index contributed by atoms with van der Waals surface area (Å²) in [6.45, 7) is 5.36. The number of hydrogen-bond acceptors (Lipinski definition) is 5. The molecule has 3 rings (SSSR count). The number of halogens is 1. The predicted molar refractivity (Wildman–Crippen MR) is 94.3 cm³/mol. The van der Waals surface area contributed by atoms with Gasteiger partial charge in [-0.25, -0.2) is 9.78 Å². The van der Waals surface area contributed by atoms with Gasteiger partial charge in [0, 0.05) is 19.5 Å². The predicted octanol–water partition coefficient (Wildman–Crippen LogP) is 3.74. The average Bonchev–Trinajstić information content (AvgIpc) is 3.20. The molecule has 0 aromatic carbocycles. The zero-order chi connectivity index (χ0) is 18.4. The first-order chi connectivity index (χ1) is 11.7. The second kappa shape index (κ2) is 6.29. The minimum absolute atomic E-state index is 0.00172. The molecule has 134 valence electrons. The third kappa shape index (κ3) is 3.92. The number of nitrogens with zero attached hydrogens (tertiary/aromatic N) is 4. The molecule has 0 bridgehead atoms. The van der Waals surface area contributed by atoms with Gasteiger partial charge in [0.2, 0.25) is 0 Å². The van der Waals surface area contributed by atoms with Crippen LogP contribution in [0.2, 0.25) is 5.15 Å². The first kappa shape index (κ1) is 17.7. The summed E-state index contributed by atoms with van der Waals surface area (Å²) in [6, 6.07) is 1.51. The van der Waals surface area contributed by atoms with E-state index in [1.54, 1.807) is 27.8 Å². The highest BCUT2D eigenvalue weighted by Crippen LogP contribution is 2.34. The third-order valence-corrected chi connectivity index (χ3v) is 4.10. The lowest BCUT2D eigenvalue weighted by Crippen LogP contribution is -2.35. The lowest BCUT2D eigenvalue weighted by molar-refractivity contribution is 0.0587. The number of aromatic nitrogens is 3. The molecule has 0 saturated heterocycles. The van der Waals surface area contributed by atoms with Crippen LogP contribution in [0.4, 0.5) is 10.6 Å². The van der Waals surface area contributed by atoms with Gasteiger partial charge in [0.05, 0.1) is 11.8 Å². The number of fused-ring (bicyclic) bond motifs is 1. The molecule has 1 saturated carbocycles. The van der Waals surface area contributed by atoms with Crippen LogP contribution in [-0.4, -0.2) is 39.1 Å². The standard InChI is InChI=1S/C17H21ClN4O3/c1-17(2,3)25-16(24)21(4)14-8-13(18)20-15-11(9-19-22(14)15)12(23)7-10-5-6-10/h8-10H,5-7H2,1-4H3. The first-order valence-corrected chi connectivity index (χ1v) is 8.57.